The van der Waals surface area contributed by atoms with Gasteiger partial charge in [0, 0.05) is 23.9 Å². The Morgan fingerprint density at radius 2 is 2.16 bits per heavy atom. The zero-order valence-electron chi connectivity index (χ0n) is 11.1. The number of hydrogen-bond acceptors (Lipinski definition) is 3. The normalized spacial score (nSPS) is 23.1. The largest absolute Gasteiger partial charge is 0.382 e. The topological polar surface area (TPSA) is 55.2 Å². The van der Waals surface area contributed by atoms with Crippen LogP contribution >= 0.6 is 0 Å². The smallest absolute Gasteiger partial charge is 0.304 e. The van der Waals surface area contributed by atoms with E-state index >= 15 is 0 Å². The Hall–Kier alpha value is -1.65. The molecular weight excluding hydrogens is 247 g/mol. The van der Waals surface area contributed by atoms with Crippen molar-refractivity contribution in [2.24, 2.45) is 5.92 Å². The van der Waals surface area contributed by atoms with Crippen molar-refractivity contribution in [3.63, 3.8) is 0 Å². The standard InChI is InChI=1S/C14H19FN2O2/c1-2-10-5-3-4-6-13(10)16-11-7-8-14(17(18)19)12(15)9-11/h7-10,13,16H,2-6H2,1H3. The van der Waals surface area contributed by atoms with Crippen molar-refractivity contribution in [1.29, 1.82) is 0 Å². The van der Waals surface area contributed by atoms with Crippen LogP contribution in [0.15, 0.2) is 18.2 Å². The van der Waals surface area contributed by atoms with E-state index in [1.54, 1.807) is 6.07 Å². The molecule has 5 heteroatoms. The van der Waals surface area contributed by atoms with Crippen LogP contribution in [0.4, 0.5) is 15.8 Å². The highest BCUT2D eigenvalue weighted by Crippen LogP contribution is 2.30. The zero-order valence-corrected chi connectivity index (χ0v) is 11.1. The molecule has 0 aromatic heterocycles. The summed E-state index contributed by atoms with van der Waals surface area (Å²) in [4.78, 5) is 9.87. The van der Waals surface area contributed by atoms with E-state index in [-0.39, 0.29) is 0 Å². The summed E-state index contributed by atoms with van der Waals surface area (Å²) in [6.07, 6.45) is 5.82. The molecule has 2 unspecified atom stereocenters. The summed E-state index contributed by atoms with van der Waals surface area (Å²) in [6, 6.07) is 4.38. The van der Waals surface area contributed by atoms with Crippen molar-refractivity contribution >= 4 is 11.4 Å². The van der Waals surface area contributed by atoms with Crippen LogP contribution < -0.4 is 5.32 Å². The van der Waals surface area contributed by atoms with E-state index in [2.05, 4.69) is 12.2 Å². The molecule has 1 aliphatic carbocycles. The van der Waals surface area contributed by atoms with E-state index in [9.17, 15) is 14.5 Å². The zero-order chi connectivity index (χ0) is 13.8. The van der Waals surface area contributed by atoms with Gasteiger partial charge in [-0.3, -0.25) is 10.1 Å². The van der Waals surface area contributed by atoms with Gasteiger partial charge < -0.3 is 5.32 Å². The van der Waals surface area contributed by atoms with E-state index in [1.807, 2.05) is 0 Å². The second-order valence-electron chi connectivity index (χ2n) is 5.13. The Bertz CT molecular complexity index is 465. The van der Waals surface area contributed by atoms with E-state index in [0.29, 0.717) is 17.6 Å². The molecule has 0 saturated heterocycles. The number of nitrogens with one attached hydrogen (secondary N) is 1. The van der Waals surface area contributed by atoms with Crippen molar-refractivity contribution < 1.29 is 9.31 Å². The van der Waals surface area contributed by atoms with Gasteiger partial charge in [-0.15, -0.1) is 0 Å². The van der Waals surface area contributed by atoms with Crippen LogP contribution in [0.2, 0.25) is 0 Å². The number of hydrogen-bond donors (Lipinski definition) is 1. The van der Waals surface area contributed by atoms with Crippen molar-refractivity contribution in [2.75, 3.05) is 5.32 Å². The maximum atomic E-state index is 13.6. The van der Waals surface area contributed by atoms with Crippen LogP contribution in [0.25, 0.3) is 0 Å². The fraction of sp³-hybridized carbons (Fsp3) is 0.571. The highest BCUT2D eigenvalue weighted by molar-refractivity contribution is 5.50. The monoisotopic (exact) mass is 266 g/mol. The molecule has 1 aromatic rings. The summed E-state index contributed by atoms with van der Waals surface area (Å²) in [5.41, 5.74) is 0.162. The van der Waals surface area contributed by atoms with Gasteiger partial charge in [0.15, 0.2) is 0 Å². The third-order valence-corrected chi connectivity index (χ3v) is 3.93. The number of rotatable bonds is 4. The Balaban J connectivity index is 2.10. The molecule has 2 rings (SSSR count). The number of benzene rings is 1. The van der Waals surface area contributed by atoms with E-state index in [0.717, 1.165) is 12.8 Å². The van der Waals surface area contributed by atoms with Gasteiger partial charge in [0.2, 0.25) is 5.82 Å². The predicted molar refractivity (Wildman–Crippen MR) is 72.7 cm³/mol. The van der Waals surface area contributed by atoms with Gasteiger partial charge in [-0.2, -0.15) is 4.39 Å². The lowest BCUT2D eigenvalue weighted by atomic mass is 9.83. The Labute approximate surface area is 112 Å². The fourth-order valence-corrected chi connectivity index (χ4v) is 2.85. The molecule has 1 saturated carbocycles. The van der Waals surface area contributed by atoms with Crippen LogP contribution in [0.3, 0.4) is 0 Å². The lowest BCUT2D eigenvalue weighted by Crippen LogP contribution is -2.31. The van der Waals surface area contributed by atoms with Crippen molar-refractivity contribution in [3.8, 4) is 0 Å². The first kappa shape index (κ1) is 13.8. The van der Waals surface area contributed by atoms with Gasteiger partial charge in [0.1, 0.15) is 0 Å². The van der Waals surface area contributed by atoms with Crippen LogP contribution in [-0.2, 0) is 0 Å². The van der Waals surface area contributed by atoms with E-state index in [1.165, 1.54) is 31.4 Å². The Kier molecular flexibility index (Phi) is 4.35. The van der Waals surface area contributed by atoms with Crippen LogP contribution in [0, 0.1) is 21.8 Å². The van der Waals surface area contributed by atoms with Gasteiger partial charge >= 0.3 is 5.69 Å². The highest BCUT2D eigenvalue weighted by atomic mass is 19.1. The van der Waals surface area contributed by atoms with Crippen molar-refractivity contribution in [3.05, 3.63) is 34.1 Å². The minimum atomic E-state index is -0.779. The minimum Gasteiger partial charge on any atom is -0.382 e. The molecule has 2 atom stereocenters. The molecule has 0 amide bonds. The van der Waals surface area contributed by atoms with Gasteiger partial charge in [0.05, 0.1) is 4.92 Å². The molecule has 0 aliphatic heterocycles. The van der Waals surface area contributed by atoms with Crippen molar-refractivity contribution in [2.45, 2.75) is 45.1 Å². The van der Waals surface area contributed by atoms with Gasteiger partial charge in [0.25, 0.3) is 0 Å². The Morgan fingerprint density at radius 1 is 1.42 bits per heavy atom. The maximum absolute atomic E-state index is 13.6. The first-order chi connectivity index (χ1) is 9.11. The maximum Gasteiger partial charge on any atom is 0.304 e. The molecule has 0 heterocycles. The third kappa shape index (κ3) is 3.22. The molecule has 4 nitrogen and oxygen atoms in total. The molecule has 19 heavy (non-hydrogen) atoms. The molecule has 1 aromatic carbocycles. The second-order valence-corrected chi connectivity index (χ2v) is 5.13. The lowest BCUT2D eigenvalue weighted by Gasteiger charge is -2.32. The molecule has 1 fully saturated rings. The molecule has 1 aliphatic rings. The minimum absolute atomic E-state index is 0.347. The fourth-order valence-electron chi connectivity index (χ4n) is 2.85. The highest BCUT2D eigenvalue weighted by Gasteiger charge is 2.24. The van der Waals surface area contributed by atoms with Crippen molar-refractivity contribution in [1.82, 2.24) is 0 Å². The number of nitro groups is 1. The summed E-state index contributed by atoms with van der Waals surface area (Å²) < 4.78 is 13.6. The van der Waals surface area contributed by atoms with Gasteiger partial charge in [-0.05, 0) is 24.8 Å². The Morgan fingerprint density at radius 3 is 2.79 bits per heavy atom. The quantitative estimate of drug-likeness (QED) is 0.659. The van der Waals surface area contributed by atoms with Gasteiger partial charge in [-0.25, -0.2) is 0 Å². The average molecular weight is 266 g/mol. The summed E-state index contributed by atoms with van der Waals surface area (Å²) in [6.45, 7) is 2.17. The van der Waals surface area contributed by atoms with Crippen LogP contribution in [0.5, 0.6) is 0 Å². The third-order valence-electron chi connectivity index (χ3n) is 3.93. The number of nitrogens with zero attached hydrogens (tertiary/aromatic N) is 1. The van der Waals surface area contributed by atoms with E-state index < -0.39 is 16.4 Å². The summed E-state index contributed by atoms with van der Waals surface area (Å²) >= 11 is 0. The van der Waals surface area contributed by atoms with Crippen LogP contribution in [0.1, 0.15) is 39.0 Å². The summed E-state index contributed by atoms with van der Waals surface area (Å²) in [5.74, 6) is -0.175. The summed E-state index contributed by atoms with van der Waals surface area (Å²) in [7, 11) is 0. The number of halogens is 1. The molecule has 0 spiro atoms. The SMILES string of the molecule is CCC1CCCCC1Nc1ccc([N+](=O)[O-])c(F)c1. The first-order valence-electron chi connectivity index (χ1n) is 6.82. The first-order valence-corrected chi connectivity index (χ1v) is 6.82. The van der Waals surface area contributed by atoms with Gasteiger partial charge in [-0.1, -0.05) is 26.2 Å². The number of anilines is 1. The molecule has 0 radical (unpaired) electrons. The number of nitro benzene ring substituents is 1. The summed E-state index contributed by atoms with van der Waals surface area (Å²) in [5, 5.41) is 13.9. The average Bonchev–Trinajstić information content (AvgIpc) is 2.39. The van der Waals surface area contributed by atoms with Crippen LogP contribution in [-0.4, -0.2) is 11.0 Å². The molecule has 1 N–H and O–H groups in total. The van der Waals surface area contributed by atoms with E-state index in [4.69, 9.17) is 0 Å². The predicted octanol–water partition coefficient (Wildman–Crippen LogP) is 4.11. The molecule has 0 bridgehead atoms. The molecule has 104 valence electrons. The molecular formula is C14H19FN2O2. The lowest BCUT2D eigenvalue weighted by molar-refractivity contribution is -0.387. The second kappa shape index (κ2) is 5.99.